The number of ether oxygens (including phenoxy) is 1. The molecule has 0 saturated carbocycles. The van der Waals surface area contributed by atoms with Gasteiger partial charge < -0.3 is 10.1 Å². The average molecular weight is 475 g/mol. The van der Waals surface area contributed by atoms with Crippen molar-refractivity contribution in [2.45, 2.75) is 5.75 Å². The number of nitrogens with zero attached hydrogens (tertiary/aromatic N) is 1. The Morgan fingerprint density at radius 1 is 0.912 bits per heavy atom. The summed E-state index contributed by atoms with van der Waals surface area (Å²) >= 11 is 0. The lowest BCUT2D eigenvalue weighted by Crippen LogP contribution is -2.13. The molecule has 0 aliphatic heterocycles. The highest BCUT2D eigenvalue weighted by Crippen LogP contribution is 2.29. The summed E-state index contributed by atoms with van der Waals surface area (Å²) in [5.74, 6) is -0.520. The van der Waals surface area contributed by atoms with Gasteiger partial charge in [0.15, 0.2) is 0 Å². The summed E-state index contributed by atoms with van der Waals surface area (Å²) in [7, 11) is -2.77. The van der Waals surface area contributed by atoms with E-state index < -0.39 is 15.9 Å². The van der Waals surface area contributed by atoms with Gasteiger partial charge in [0.2, 0.25) is 5.88 Å². The molecule has 0 fully saturated rings. The molecule has 8 heteroatoms. The van der Waals surface area contributed by atoms with Crippen LogP contribution in [0.2, 0.25) is 0 Å². The summed E-state index contributed by atoms with van der Waals surface area (Å²) in [6.45, 7) is 0. The lowest BCUT2D eigenvalue weighted by atomic mass is 9.95. The number of amides is 1. The summed E-state index contributed by atoms with van der Waals surface area (Å²) < 4.78 is 37.6. The van der Waals surface area contributed by atoms with Gasteiger partial charge in [0, 0.05) is 11.6 Å². The predicted molar refractivity (Wildman–Crippen MR) is 131 cm³/mol. The SMILES string of the molecule is COc1ccc(NC(=O)c2ccc(CS(=O)(=O)O)c(-c3ccc(-c4ccccc4)cc3)c2)cn1. The first kappa shape index (κ1) is 23.2. The maximum absolute atomic E-state index is 12.8. The zero-order valence-corrected chi connectivity index (χ0v) is 19.1. The minimum Gasteiger partial charge on any atom is -0.481 e. The second-order valence-electron chi connectivity index (χ2n) is 7.58. The largest absolute Gasteiger partial charge is 0.481 e. The van der Waals surface area contributed by atoms with E-state index in [9.17, 15) is 17.8 Å². The standard InChI is InChI=1S/C26H22N2O5S/c1-33-25-14-13-23(16-27-25)28-26(29)21-11-12-22(17-34(30,31)32)24(15-21)20-9-7-19(8-10-20)18-5-3-2-4-6-18/h2-16H,17H2,1H3,(H,28,29)(H,30,31,32). The predicted octanol–water partition coefficient (Wildman–Crippen LogP) is 5.06. The summed E-state index contributed by atoms with van der Waals surface area (Å²) in [6.07, 6.45) is 1.48. The lowest BCUT2D eigenvalue weighted by Gasteiger charge is -2.13. The average Bonchev–Trinajstić information content (AvgIpc) is 2.84. The van der Waals surface area contributed by atoms with Crippen molar-refractivity contribution < 1.29 is 22.5 Å². The van der Waals surface area contributed by atoms with Crippen molar-refractivity contribution in [2.75, 3.05) is 12.4 Å². The third kappa shape index (κ3) is 5.67. The number of hydrogen-bond acceptors (Lipinski definition) is 5. The Morgan fingerprint density at radius 3 is 2.21 bits per heavy atom. The van der Waals surface area contributed by atoms with E-state index in [0.29, 0.717) is 28.3 Å². The second kappa shape index (κ2) is 9.86. The van der Waals surface area contributed by atoms with Crippen LogP contribution < -0.4 is 10.1 Å². The van der Waals surface area contributed by atoms with Crippen molar-refractivity contribution >= 4 is 21.7 Å². The molecular weight excluding hydrogens is 452 g/mol. The fourth-order valence-electron chi connectivity index (χ4n) is 3.56. The fourth-order valence-corrected chi connectivity index (χ4v) is 4.20. The molecule has 172 valence electrons. The van der Waals surface area contributed by atoms with Gasteiger partial charge in [0.05, 0.1) is 19.0 Å². The Labute approximate surface area is 197 Å². The quantitative estimate of drug-likeness (QED) is 0.363. The van der Waals surface area contributed by atoms with Gasteiger partial charge in [-0.05, 0) is 46.0 Å². The number of carbonyl (C=O) groups excluding carboxylic acids is 1. The van der Waals surface area contributed by atoms with E-state index in [1.807, 2.05) is 54.6 Å². The van der Waals surface area contributed by atoms with E-state index in [4.69, 9.17) is 4.74 Å². The van der Waals surface area contributed by atoms with Crippen molar-refractivity contribution in [3.63, 3.8) is 0 Å². The highest BCUT2D eigenvalue weighted by molar-refractivity contribution is 7.85. The first-order valence-corrected chi connectivity index (χ1v) is 12.0. The number of benzene rings is 3. The van der Waals surface area contributed by atoms with Crippen LogP contribution in [0.1, 0.15) is 15.9 Å². The van der Waals surface area contributed by atoms with Gasteiger partial charge in [-0.15, -0.1) is 0 Å². The number of rotatable bonds is 7. The van der Waals surface area contributed by atoms with Gasteiger partial charge in [-0.3, -0.25) is 9.35 Å². The zero-order valence-electron chi connectivity index (χ0n) is 18.3. The number of pyridine rings is 1. The van der Waals surface area contributed by atoms with Crippen LogP contribution >= 0.6 is 0 Å². The van der Waals surface area contributed by atoms with E-state index in [0.717, 1.165) is 16.7 Å². The van der Waals surface area contributed by atoms with E-state index in [-0.39, 0.29) is 5.91 Å². The van der Waals surface area contributed by atoms with Crippen LogP contribution in [0.4, 0.5) is 5.69 Å². The van der Waals surface area contributed by atoms with E-state index in [1.54, 1.807) is 18.2 Å². The first-order valence-electron chi connectivity index (χ1n) is 10.4. The van der Waals surface area contributed by atoms with Crippen molar-refractivity contribution in [3.8, 4) is 28.1 Å². The van der Waals surface area contributed by atoms with Crippen LogP contribution in [0.15, 0.2) is 91.1 Å². The van der Waals surface area contributed by atoms with Crippen molar-refractivity contribution in [1.82, 2.24) is 4.98 Å². The third-order valence-corrected chi connectivity index (χ3v) is 5.89. The molecule has 0 bridgehead atoms. The normalized spacial score (nSPS) is 11.1. The van der Waals surface area contributed by atoms with Crippen LogP contribution in [0.25, 0.3) is 22.3 Å². The van der Waals surface area contributed by atoms with Crippen molar-refractivity contribution in [2.24, 2.45) is 0 Å². The number of aromatic nitrogens is 1. The van der Waals surface area contributed by atoms with E-state index in [2.05, 4.69) is 10.3 Å². The maximum Gasteiger partial charge on any atom is 0.269 e. The van der Waals surface area contributed by atoms with Crippen LogP contribution in [-0.4, -0.2) is 31.0 Å². The minimum absolute atomic E-state index is 0.331. The monoisotopic (exact) mass is 474 g/mol. The van der Waals surface area contributed by atoms with Crippen LogP contribution in [0.3, 0.4) is 0 Å². The summed E-state index contributed by atoms with van der Waals surface area (Å²) in [6, 6.07) is 25.4. The van der Waals surface area contributed by atoms with Crippen LogP contribution in [0.5, 0.6) is 5.88 Å². The summed E-state index contributed by atoms with van der Waals surface area (Å²) in [5, 5.41) is 2.76. The Kier molecular flexibility index (Phi) is 6.72. The molecule has 4 aromatic rings. The molecule has 1 aromatic heterocycles. The lowest BCUT2D eigenvalue weighted by molar-refractivity contribution is 0.102. The zero-order chi connectivity index (χ0) is 24.1. The van der Waals surface area contributed by atoms with Crippen LogP contribution in [-0.2, 0) is 15.9 Å². The number of hydrogen-bond donors (Lipinski definition) is 2. The topological polar surface area (TPSA) is 106 Å². The Balaban J connectivity index is 1.67. The molecule has 3 aromatic carbocycles. The molecule has 0 radical (unpaired) electrons. The molecule has 0 aliphatic carbocycles. The molecule has 34 heavy (non-hydrogen) atoms. The molecule has 1 amide bonds. The number of methoxy groups -OCH3 is 1. The van der Waals surface area contributed by atoms with Crippen molar-refractivity contribution in [1.29, 1.82) is 0 Å². The third-order valence-electron chi connectivity index (χ3n) is 5.22. The Bertz CT molecular complexity index is 1400. The number of carbonyl (C=O) groups is 1. The maximum atomic E-state index is 12.8. The molecule has 1 heterocycles. The van der Waals surface area contributed by atoms with Gasteiger partial charge >= 0.3 is 0 Å². The van der Waals surface area contributed by atoms with E-state index in [1.165, 1.54) is 25.4 Å². The molecule has 0 spiro atoms. The molecule has 0 unspecified atom stereocenters. The smallest absolute Gasteiger partial charge is 0.269 e. The van der Waals surface area contributed by atoms with Gasteiger partial charge in [-0.25, -0.2) is 4.98 Å². The highest BCUT2D eigenvalue weighted by Gasteiger charge is 2.16. The molecule has 7 nitrogen and oxygen atoms in total. The second-order valence-corrected chi connectivity index (χ2v) is 9.04. The number of nitrogens with one attached hydrogen (secondary N) is 1. The van der Waals surface area contributed by atoms with Gasteiger partial charge in [0.25, 0.3) is 16.0 Å². The van der Waals surface area contributed by atoms with Crippen molar-refractivity contribution in [3.05, 3.63) is 102 Å². The molecule has 0 atom stereocenters. The molecule has 2 N–H and O–H groups in total. The van der Waals surface area contributed by atoms with Gasteiger partial charge in [-0.2, -0.15) is 8.42 Å². The molecule has 4 rings (SSSR count). The first-order chi connectivity index (χ1) is 16.3. The number of anilines is 1. The fraction of sp³-hybridized carbons (Fsp3) is 0.0769. The van der Waals surface area contributed by atoms with E-state index >= 15 is 0 Å². The highest BCUT2D eigenvalue weighted by atomic mass is 32.2. The summed E-state index contributed by atoms with van der Waals surface area (Å²) in [5.41, 5.74) is 4.52. The van der Waals surface area contributed by atoms with Crippen LogP contribution in [0, 0.1) is 0 Å². The molecule has 0 aliphatic rings. The molecular formula is C26H22N2O5S. The minimum atomic E-state index is -4.27. The Morgan fingerprint density at radius 2 is 1.59 bits per heavy atom. The van der Waals surface area contributed by atoms with Gasteiger partial charge in [0.1, 0.15) is 5.75 Å². The van der Waals surface area contributed by atoms with Gasteiger partial charge in [-0.1, -0.05) is 60.7 Å². The summed E-state index contributed by atoms with van der Waals surface area (Å²) in [4.78, 5) is 16.9. The Hall–Kier alpha value is -4.01. The molecule has 0 saturated heterocycles.